The van der Waals surface area contributed by atoms with Gasteiger partial charge in [-0.3, -0.25) is 0 Å². The predicted octanol–water partition coefficient (Wildman–Crippen LogP) is 6.97. The Morgan fingerprint density at radius 3 is 2.07 bits per heavy atom. The molecule has 0 saturated heterocycles. The number of hydrogen-bond donors (Lipinski definition) is 0. The van der Waals surface area contributed by atoms with Gasteiger partial charge in [0.2, 0.25) is 0 Å². The predicted molar refractivity (Wildman–Crippen MR) is 117 cm³/mol. The molecular weight excluding hydrogens is 326 g/mol. The molecule has 0 aromatic heterocycles. The maximum Gasteiger partial charge on any atom is 0.0486 e. The average Bonchev–Trinajstić information content (AvgIpc) is 3.04. The van der Waals surface area contributed by atoms with Crippen molar-refractivity contribution in [3.05, 3.63) is 84.1 Å². The van der Waals surface area contributed by atoms with E-state index in [0.717, 1.165) is 6.42 Å². The van der Waals surface area contributed by atoms with Gasteiger partial charge in [-0.2, -0.15) is 0 Å². The second-order valence-electron chi connectivity index (χ2n) is 7.42. The van der Waals surface area contributed by atoms with E-state index in [1.165, 1.54) is 55.2 Å². The van der Waals surface area contributed by atoms with Crippen LogP contribution in [0.2, 0.25) is 0 Å². The lowest BCUT2D eigenvalue weighted by Crippen LogP contribution is -2.05. The molecule has 0 radical (unpaired) electrons. The van der Waals surface area contributed by atoms with Gasteiger partial charge in [0.15, 0.2) is 0 Å². The summed E-state index contributed by atoms with van der Waals surface area (Å²) in [4.78, 5) is 0. The molecule has 1 aliphatic heterocycles. The summed E-state index contributed by atoms with van der Waals surface area (Å²) in [6, 6.07) is 26.6. The third-order valence-electron chi connectivity index (χ3n) is 5.84. The summed E-state index contributed by atoms with van der Waals surface area (Å²) < 4.78 is 2.39. The number of nitrogens with zero attached hydrogens (tertiary/aromatic N) is 1. The van der Waals surface area contributed by atoms with Gasteiger partial charge in [0, 0.05) is 34.8 Å². The quantitative estimate of drug-likeness (QED) is 0.324. The lowest BCUT2D eigenvalue weighted by Gasteiger charge is -2.20. The second kappa shape index (κ2) is 5.99. The molecule has 0 saturated carbocycles. The Bertz CT molecular complexity index is 1260. The monoisotopic (exact) mass is 349 g/mol. The number of pyridine rings is 1. The molecule has 1 heterocycles. The van der Waals surface area contributed by atoms with Gasteiger partial charge >= 0.3 is 0 Å². The van der Waals surface area contributed by atoms with Crippen molar-refractivity contribution in [2.45, 2.75) is 20.3 Å². The summed E-state index contributed by atoms with van der Waals surface area (Å²) in [5, 5.41) is 4.06. The number of fused-ring (bicyclic) bond motifs is 5. The summed E-state index contributed by atoms with van der Waals surface area (Å²) in [5.41, 5.74) is 9.48. The highest BCUT2D eigenvalue weighted by Crippen LogP contribution is 2.49. The van der Waals surface area contributed by atoms with Gasteiger partial charge in [0.1, 0.15) is 0 Å². The molecule has 3 aromatic rings. The van der Waals surface area contributed by atoms with Crippen LogP contribution in [-0.4, -0.2) is 4.57 Å². The molecule has 5 rings (SSSR count). The van der Waals surface area contributed by atoms with Crippen LogP contribution in [0.3, 0.4) is 0 Å². The highest BCUT2D eigenvalue weighted by molar-refractivity contribution is 6.21. The van der Waals surface area contributed by atoms with E-state index in [1.807, 2.05) is 0 Å². The Morgan fingerprint density at radius 1 is 0.704 bits per heavy atom. The van der Waals surface area contributed by atoms with Gasteiger partial charge in [-0.25, -0.2) is 0 Å². The van der Waals surface area contributed by atoms with Crippen molar-refractivity contribution in [2.24, 2.45) is 7.05 Å². The highest BCUT2D eigenvalue weighted by atomic mass is 14.9. The first-order valence-electron chi connectivity index (χ1n) is 9.68. The van der Waals surface area contributed by atoms with Crippen molar-refractivity contribution in [3.63, 3.8) is 0 Å². The minimum atomic E-state index is 1.01. The van der Waals surface area contributed by atoms with Crippen molar-refractivity contribution >= 4 is 21.7 Å². The topological polar surface area (TPSA) is 4.93 Å². The highest BCUT2D eigenvalue weighted by Gasteiger charge is 2.25. The Hall–Kier alpha value is -3.06. The van der Waals surface area contributed by atoms with Crippen LogP contribution in [0.15, 0.2) is 72.8 Å². The lowest BCUT2D eigenvalue weighted by atomic mass is 9.93. The van der Waals surface area contributed by atoms with Gasteiger partial charge < -0.3 is 4.57 Å². The standard InChI is InChI=1S/C26H23N/c1-4-22-25-20-13-9-8-12-19(20)24(18-10-6-5-7-11-18)26(25)21-16-17(2)14-15-23(21)27(22)3/h5-16H,4H2,1-3H3. The first kappa shape index (κ1) is 16.1. The Kier molecular flexibility index (Phi) is 3.58. The maximum atomic E-state index is 2.39. The summed E-state index contributed by atoms with van der Waals surface area (Å²) >= 11 is 0. The molecule has 1 aliphatic carbocycles. The minimum absolute atomic E-state index is 1.01. The molecule has 0 unspecified atom stereocenters. The largest absolute Gasteiger partial charge is 0.347 e. The van der Waals surface area contributed by atoms with Crippen LogP contribution in [0.4, 0.5) is 0 Å². The fourth-order valence-corrected chi connectivity index (χ4v) is 4.66. The van der Waals surface area contributed by atoms with Gasteiger partial charge in [0.25, 0.3) is 0 Å². The van der Waals surface area contributed by atoms with Crippen molar-refractivity contribution < 1.29 is 0 Å². The molecule has 0 N–H and O–H groups in total. The van der Waals surface area contributed by atoms with Crippen LogP contribution in [-0.2, 0) is 13.5 Å². The number of rotatable bonds is 2. The zero-order valence-corrected chi connectivity index (χ0v) is 16.1. The van der Waals surface area contributed by atoms with Crippen molar-refractivity contribution in [3.8, 4) is 22.3 Å². The molecule has 0 fully saturated rings. The molecule has 2 aliphatic rings. The van der Waals surface area contributed by atoms with Crippen LogP contribution in [0.25, 0.3) is 43.9 Å². The van der Waals surface area contributed by atoms with E-state index in [2.05, 4.69) is 98.3 Å². The lowest BCUT2D eigenvalue weighted by molar-refractivity contribution is 0.854. The molecule has 3 aromatic carbocycles. The van der Waals surface area contributed by atoms with Crippen LogP contribution in [0.5, 0.6) is 0 Å². The Balaban J connectivity index is 2.11. The van der Waals surface area contributed by atoms with Gasteiger partial charge in [-0.05, 0) is 47.4 Å². The maximum absolute atomic E-state index is 2.39. The SMILES string of the molecule is CCc1c2c3ccccc3c(-c3ccccc3)c-2c2cc(C)ccc2n1C. The number of benzene rings is 3. The average molecular weight is 349 g/mol. The number of aryl methyl sites for hydroxylation is 2. The normalized spacial score (nSPS) is 11.7. The number of aromatic nitrogens is 1. The Morgan fingerprint density at radius 2 is 1.37 bits per heavy atom. The van der Waals surface area contributed by atoms with E-state index in [4.69, 9.17) is 0 Å². The molecule has 1 heteroatoms. The van der Waals surface area contributed by atoms with E-state index >= 15 is 0 Å². The van der Waals surface area contributed by atoms with Crippen LogP contribution < -0.4 is 0 Å². The summed E-state index contributed by atoms with van der Waals surface area (Å²) in [5.74, 6) is 0. The molecule has 0 spiro atoms. The van der Waals surface area contributed by atoms with E-state index in [0.29, 0.717) is 0 Å². The van der Waals surface area contributed by atoms with E-state index in [-0.39, 0.29) is 0 Å². The smallest absolute Gasteiger partial charge is 0.0486 e. The molecular formula is C26H23N. The third-order valence-corrected chi connectivity index (χ3v) is 5.84. The van der Waals surface area contributed by atoms with Crippen molar-refractivity contribution in [2.75, 3.05) is 0 Å². The molecule has 1 nitrogen and oxygen atoms in total. The van der Waals surface area contributed by atoms with Gasteiger partial charge in [0.05, 0.1) is 0 Å². The minimum Gasteiger partial charge on any atom is -0.347 e. The molecule has 132 valence electrons. The van der Waals surface area contributed by atoms with Crippen LogP contribution >= 0.6 is 0 Å². The fourth-order valence-electron chi connectivity index (χ4n) is 4.66. The van der Waals surface area contributed by atoms with Crippen LogP contribution in [0, 0.1) is 6.92 Å². The molecule has 0 atom stereocenters. The Labute approximate surface area is 160 Å². The van der Waals surface area contributed by atoms with E-state index in [1.54, 1.807) is 0 Å². The van der Waals surface area contributed by atoms with E-state index < -0.39 is 0 Å². The van der Waals surface area contributed by atoms with Gasteiger partial charge in [-0.1, -0.05) is 73.2 Å². The summed E-state index contributed by atoms with van der Waals surface area (Å²) in [7, 11) is 2.21. The zero-order chi connectivity index (χ0) is 18.5. The summed E-state index contributed by atoms with van der Waals surface area (Å²) in [6.07, 6.45) is 1.01. The molecule has 0 bridgehead atoms. The first-order chi connectivity index (χ1) is 13.2. The second-order valence-corrected chi connectivity index (χ2v) is 7.42. The molecule has 0 amide bonds. The van der Waals surface area contributed by atoms with Crippen molar-refractivity contribution in [1.29, 1.82) is 0 Å². The van der Waals surface area contributed by atoms with Crippen LogP contribution in [0.1, 0.15) is 18.2 Å². The first-order valence-corrected chi connectivity index (χ1v) is 9.68. The molecule has 27 heavy (non-hydrogen) atoms. The summed E-state index contributed by atoms with van der Waals surface area (Å²) in [6.45, 7) is 4.45. The van der Waals surface area contributed by atoms with Gasteiger partial charge in [-0.15, -0.1) is 0 Å². The van der Waals surface area contributed by atoms with Crippen molar-refractivity contribution in [1.82, 2.24) is 4.57 Å². The van der Waals surface area contributed by atoms with E-state index in [9.17, 15) is 0 Å². The number of hydrogen-bond acceptors (Lipinski definition) is 0. The fraction of sp³-hybridized carbons (Fsp3) is 0.154. The zero-order valence-electron chi connectivity index (χ0n) is 16.1. The third kappa shape index (κ3) is 2.24.